The number of hydrogen-bond donors (Lipinski definition) is 1. The number of nitrogens with two attached hydrogens (primary N) is 1. The Balaban J connectivity index is 1.29. The zero-order valence-electron chi connectivity index (χ0n) is 20.8. The maximum absolute atomic E-state index is 13.7. The molecular weight excluding hydrogens is 434 g/mol. The van der Waals surface area contributed by atoms with E-state index in [1.54, 1.807) is 0 Å². The molecular formula is C29H37N5O. The minimum absolute atomic E-state index is 0.0281. The van der Waals surface area contributed by atoms with Crippen molar-refractivity contribution in [2.45, 2.75) is 44.9 Å². The number of nitrogens with zero attached hydrogens (tertiary/aromatic N) is 4. The van der Waals surface area contributed by atoms with Gasteiger partial charge >= 0.3 is 0 Å². The first-order valence-electron chi connectivity index (χ1n) is 13.1. The van der Waals surface area contributed by atoms with Crippen molar-refractivity contribution in [1.29, 1.82) is 0 Å². The molecule has 6 nitrogen and oxygen atoms in total. The third kappa shape index (κ3) is 5.43. The van der Waals surface area contributed by atoms with Crippen molar-refractivity contribution in [3.63, 3.8) is 0 Å². The van der Waals surface area contributed by atoms with E-state index < -0.39 is 0 Å². The molecule has 2 heterocycles. The summed E-state index contributed by atoms with van der Waals surface area (Å²) in [5, 5.41) is 4.80. The molecule has 1 aliphatic carbocycles. The largest absolute Gasteiger partial charge is 0.399 e. The maximum Gasteiger partial charge on any atom is 0.259 e. The molecule has 1 aromatic heterocycles. The highest BCUT2D eigenvalue weighted by Gasteiger charge is 2.29. The highest BCUT2D eigenvalue weighted by molar-refractivity contribution is 6.06. The Morgan fingerprint density at radius 3 is 2.49 bits per heavy atom. The number of fused-ring (bicyclic) bond motifs is 1. The Morgan fingerprint density at radius 2 is 1.74 bits per heavy atom. The summed E-state index contributed by atoms with van der Waals surface area (Å²) in [6.07, 6.45) is 7.91. The molecule has 0 saturated carbocycles. The van der Waals surface area contributed by atoms with Crippen LogP contribution in [0.25, 0.3) is 0 Å². The Morgan fingerprint density at radius 1 is 1.03 bits per heavy atom. The standard InChI is InChI=1S/C29H37N5O/c1-32-28(26-9-5-6-10-27(26)31-32)34(29(35)24-11-13-25(30)14-12-24)20-19-33-17-15-23(16-18-33)21-22-7-3-2-4-8-22/h2-4,7-8,11-14,23H,5-6,9-10,15-21,30H2,1H3. The summed E-state index contributed by atoms with van der Waals surface area (Å²) in [5.41, 5.74) is 11.1. The number of hydrogen-bond acceptors (Lipinski definition) is 4. The third-order valence-electron chi connectivity index (χ3n) is 7.66. The van der Waals surface area contributed by atoms with Crippen molar-refractivity contribution < 1.29 is 4.79 Å². The molecule has 3 aromatic rings. The first-order chi connectivity index (χ1) is 17.1. The molecule has 0 bridgehead atoms. The summed E-state index contributed by atoms with van der Waals surface area (Å²) in [7, 11) is 1.98. The number of likely N-dealkylation sites (tertiary alicyclic amines) is 1. The van der Waals surface area contributed by atoms with Gasteiger partial charge in [-0.3, -0.25) is 14.4 Å². The van der Waals surface area contributed by atoms with Crippen LogP contribution in [0.3, 0.4) is 0 Å². The van der Waals surface area contributed by atoms with Crippen LogP contribution in [0, 0.1) is 5.92 Å². The topological polar surface area (TPSA) is 67.4 Å². The molecule has 1 fully saturated rings. The van der Waals surface area contributed by atoms with E-state index in [0.717, 1.165) is 62.7 Å². The van der Waals surface area contributed by atoms with Gasteiger partial charge in [-0.2, -0.15) is 5.10 Å². The van der Waals surface area contributed by atoms with E-state index in [0.29, 0.717) is 17.8 Å². The van der Waals surface area contributed by atoms with Crippen LogP contribution in [-0.2, 0) is 26.3 Å². The molecule has 1 aliphatic heterocycles. The number of carbonyl (C=O) groups is 1. The minimum Gasteiger partial charge on any atom is -0.399 e. The van der Waals surface area contributed by atoms with Crippen LogP contribution in [0.4, 0.5) is 11.5 Å². The molecule has 1 amide bonds. The molecule has 0 radical (unpaired) electrons. The van der Waals surface area contributed by atoms with Gasteiger partial charge in [-0.05, 0) is 93.8 Å². The van der Waals surface area contributed by atoms with Gasteiger partial charge < -0.3 is 10.6 Å². The quantitative estimate of drug-likeness (QED) is 0.516. The fraction of sp³-hybridized carbons (Fsp3) is 0.448. The average Bonchev–Trinajstić information content (AvgIpc) is 3.22. The molecule has 2 aromatic carbocycles. The van der Waals surface area contributed by atoms with Crippen molar-refractivity contribution in [2.75, 3.05) is 36.8 Å². The number of amides is 1. The number of piperidine rings is 1. The van der Waals surface area contributed by atoms with E-state index in [1.807, 2.05) is 40.9 Å². The van der Waals surface area contributed by atoms with Gasteiger partial charge in [-0.1, -0.05) is 30.3 Å². The van der Waals surface area contributed by atoms with Crippen molar-refractivity contribution in [3.05, 3.63) is 77.0 Å². The molecule has 184 valence electrons. The summed E-state index contributed by atoms with van der Waals surface area (Å²) >= 11 is 0. The first kappa shape index (κ1) is 23.6. The van der Waals surface area contributed by atoms with E-state index in [9.17, 15) is 4.79 Å². The fourth-order valence-electron chi connectivity index (χ4n) is 5.69. The average molecular weight is 472 g/mol. The van der Waals surface area contributed by atoms with E-state index in [4.69, 9.17) is 10.8 Å². The van der Waals surface area contributed by atoms with Gasteiger partial charge in [0.05, 0.1) is 5.69 Å². The van der Waals surface area contributed by atoms with Gasteiger partial charge in [0.25, 0.3) is 5.91 Å². The van der Waals surface area contributed by atoms with E-state index in [-0.39, 0.29) is 5.91 Å². The van der Waals surface area contributed by atoms with Crippen LogP contribution >= 0.6 is 0 Å². The van der Waals surface area contributed by atoms with E-state index >= 15 is 0 Å². The van der Waals surface area contributed by atoms with Gasteiger partial charge in [-0.25, -0.2) is 0 Å². The molecule has 2 N–H and O–H groups in total. The Bertz CT molecular complexity index is 1130. The summed E-state index contributed by atoms with van der Waals surface area (Å²) < 4.78 is 1.93. The number of nitrogen functional groups attached to an aromatic ring is 1. The number of aromatic nitrogens is 2. The zero-order valence-corrected chi connectivity index (χ0v) is 20.8. The third-order valence-corrected chi connectivity index (χ3v) is 7.66. The second-order valence-electron chi connectivity index (χ2n) is 10.1. The number of aryl methyl sites for hydroxylation is 2. The van der Waals surface area contributed by atoms with Crippen LogP contribution in [0.15, 0.2) is 54.6 Å². The highest BCUT2D eigenvalue weighted by Crippen LogP contribution is 2.31. The smallest absolute Gasteiger partial charge is 0.259 e. The predicted octanol–water partition coefficient (Wildman–Crippen LogP) is 4.48. The highest BCUT2D eigenvalue weighted by atomic mass is 16.2. The van der Waals surface area contributed by atoms with Gasteiger partial charge in [0.1, 0.15) is 5.82 Å². The Hall–Kier alpha value is -3.12. The molecule has 1 saturated heterocycles. The molecule has 0 atom stereocenters. The Kier molecular flexibility index (Phi) is 7.19. The minimum atomic E-state index is 0.0281. The van der Waals surface area contributed by atoms with Crippen molar-refractivity contribution in [2.24, 2.45) is 13.0 Å². The Labute approximate surface area is 208 Å². The van der Waals surface area contributed by atoms with Crippen molar-refractivity contribution >= 4 is 17.4 Å². The number of benzene rings is 2. The maximum atomic E-state index is 13.7. The van der Waals surface area contributed by atoms with Gasteiger partial charge in [0, 0.05) is 37.0 Å². The van der Waals surface area contributed by atoms with Crippen LogP contribution < -0.4 is 10.6 Å². The van der Waals surface area contributed by atoms with Gasteiger partial charge in [-0.15, -0.1) is 0 Å². The summed E-state index contributed by atoms with van der Waals surface area (Å²) in [6.45, 7) is 3.72. The predicted molar refractivity (Wildman–Crippen MR) is 142 cm³/mol. The van der Waals surface area contributed by atoms with Gasteiger partial charge in [0.2, 0.25) is 0 Å². The van der Waals surface area contributed by atoms with Crippen molar-refractivity contribution in [3.8, 4) is 0 Å². The van der Waals surface area contributed by atoms with Crippen LogP contribution in [0.1, 0.15) is 52.9 Å². The lowest BCUT2D eigenvalue weighted by Crippen LogP contribution is -2.43. The number of carbonyl (C=O) groups excluding carboxylic acids is 1. The fourth-order valence-corrected chi connectivity index (χ4v) is 5.69. The molecule has 6 heteroatoms. The lowest BCUT2D eigenvalue weighted by Gasteiger charge is -2.34. The van der Waals surface area contributed by atoms with Crippen LogP contribution in [-0.4, -0.2) is 46.8 Å². The SMILES string of the molecule is Cn1nc2c(c1N(CCN1CCC(Cc3ccccc3)CC1)C(=O)c1ccc(N)cc1)CCCC2. The van der Waals surface area contributed by atoms with Crippen LogP contribution in [0.2, 0.25) is 0 Å². The molecule has 0 unspecified atom stereocenters. The summed E-state index contributed by atoms with van der Waals surface area (Å²) in [4.78, 5) is 18.2. The summed E-state index contributed by atoms with van der Waals surface area (Å²) in [5.74, 6) is 1.74. The van der Waals surface area contributed by atoms with Gasteiger partial charge in [0.15, 0.2) is 0 Å². The molecule has 2 aliphatic rings. The lowest BCUT2D eigenvalue weighted by molar-refractivity contribution is 0.0978. The molecule has 5 rings (SSSR count). The zero-order chi connectivity index (χ0) is 24.2. The normalized spacial score (nSPS) is 16.7. The molecule has 35 heavy (non-hydrogen) atoms. The second-order valence-corrected chi connectivity index (χ2v) is 10.1. The van der Waals surface area contributed by atoms with Crippen molar-refractivity contribution in [1.82, 2.24) is 14.7 Å². The first-order valence-corrected chi connectivity index (χ1v) is 13.1. The number of anilines is 2. The molecule has 0 spiro atoms. The number of rotatable bonds is 7. The lowest BCUT2D eigenvalue weighted by atomic mass is 9.90. The van der Waals surface area contributed by atoms with E-state index in [2.05, 4.69) is 35.2 Å². The summed E-state index contributed by atoms with van der Waals surface area (Å²) in [6, 6.07) is 18.1. The second kappa shape index (κ2) is 10.6. The van der Waals surface area contributed by atoms with Crippen LogP contribution in [0.5, 0.6) is 0 Å². The van der Waals surface area contributed by atoms with E-state index in [1.165, 1.54) is 30.4 Å². The monoisotopic (exact) mass is 471 g/mol.